The number of nitrogens with zero attached hydrogens (tertiary/aromatic N) is 1. The van der Waals surface area contributed by atoms with Gasteiger partial charge in [0.1, 0.15) is 11.5 Å². The number of benzene rings is 3. The van der Waals surface area contributed by atoms with E-state index in [0.717, 1.165) is 35.9 Å². The van der Waals surface area contributed by atoms with E-state index in [0.29, 0.717) is 22.7 Å². The van der Waals surface area contributed by atoms with Crippen LogP contribution < -0.4 is 14.2 Å². The van der Waals surface area contributed by atoms with Gasteiger partial charge < -0.3 is 14.7 Å². The molecule has 0 spiro atoms. The molecule has 0 saturated carbocycles. The lowest BCUT2D eigenvalue weighted by Crippen LogP contribution is -2.30. The fraction of sp³-hybridized carbons (Fsp3) is 0.0870. The van der Waals surface area contributed by atoms with Gasteiger partial charge in [0.05, 0.1) is 41.3 Å². The van der Waals surface area contributed by atoms with Gasteiger partial charge in [0.25, 0.3) is 0 Å². The number of methoxy groups -OCH3 is 2. The second kappa shape index (κ2) is 6.39. The third-order valence-electron chi connectivity index (χ3n) is 5.07. The van der Waals surface area contributed by atoms with Crippen LogP contribution in [0.1, 0.15) is 0 Å². The third-order valence-corrected chi connectivity index (χ3v) is 6.27. The van der Waals surface area contributed by atoms with E-state index in [1.165, 1.54) is 0 Å². The second-order valence-electron chi connectivity index (χ2n) is 6.53. The Balaban J connectivity index is 2.06. The molecule has 0 fully saturated rings. The number of para-hydroxylation sites is 1. The Hall–Kier alpha value is -3.31. The van der Waals surface area contributed by atoms with Crippen LogP contribution in [0.25, 0.3) is 42.3 Å². The maximum atomic E-state index is 13.6. The van der Waals surface area contributed by atoms with Crippen molar-refractivity contribution in [1.29, 1.82) is 0 Å². The summed E-state index contributed by atoms with van der Waals surface area (Å²) in [6.45, 7) is 0. The third kappa shape index (κ3) is 2.33. The normalized spacial score (nSPS) is 11.4. The highest BCUT2D eigenvalue weighted by atomic mass is 32.1. The minimum absolute atomic E-state index is 0.583. The fourth-order valence-electron chi connectivity index (χ4n) is 3.78. The monoisotopic (exact) mass is 387 g/mol. The molecule has 138 valence electrons. The molecule has 0 bridgehead atoms. The van der Waals surface area contributed by atoms with Crippen LogP contribution in [0.15, 0.2) is 66.7 Å². The molecule has 0 saturated heterocycles. The first-order chi connectivity index (χ1) is 13.7. The van der Waals surface area contributed by atoms with Crippen LogP contribution in [0, 0.1) is 5.21 Å². The Labute approximate surface area is 165 Å². The predicted molar refractivity (Wildman–Crippen MR) is 114 cm³/mol. The van der Waals surface area contributed by atoms with E-state index in [2.05, 4.69) is 12.1 Å². The molecule has 0 N–H and O–H groups in total. The first-order valence-electron chi connectivity index (χ1n) is 8.91. The number of fused-ring (bicyclic) bond motifs is 5. The van der Waals surface area contributed by atoms with Crippen LogP contribution in [0.2, 0.25) is 0 Å². The van der Waals surface area contributed by atoms with Crippen LogP contribution in [0.5, 0.6) is 11.5 Å². The van der Waals surface area contributed by atoms with E-state index in [-0.39, 0.29) is 0 Å². The molecule has 28 heavy (non-hydrogen) atoms. The van der Waals surface area contributed by atoms with Crippen molar-refractivity contribution in [2.75, 3.05) is 14.2 Å². The van der Waals surface area contributed by atoms with Crippen molar-refractivity contribution >= 4 is 42.4 Å². The molecule has 5 rings (SSSR count). The summed E-state index contributed by atoms with van der Waals surface area (Å²) in [5, 5.41) is 16.6. The van der Waals surface area contributed by atoms with Gasteiger partial charge in [0, 0.05) is 10.1 Å². The second-order valence-corrected chi connectivity index (χ2v) is 7.58. The molecule has 5 heteroatoms. The smallest absolute Gasteiger partial charge is 0.237 e. The molecule has 2 aromatic heterocycles. The summed E-state index contributed by atoms with van der Waals surface area (Å²) in [5.41, 5.74) is 1.96. The zero-order valence-electron chi connectivity index (χ0n) is 15.4. The fourth-order valence-corrected chi connectivity index (χ4v) is 5.01. The molecule has 3 aromatic carbocycles. The van der Waals surface area contributed by atoms with Crippen LogP contribution in [0.3, 0.4) is 0 Å². The lowest BCUT2D eigenvalue weighted by molar-refractivity contribution is -0.563. The Kier molecular flexibility index (Phi) is 3.84. The number of pyridine rings is 1. The average molecular weight is 387 g/mol. The lowest BCUT2D eigenvalue weighted by Gasteiger charge is -2.13. The highest BCUT2D eigenvalue weighted by Crippen LogP contribution is 2.43. The topological polar surface area (TPSA) is 45.4 Å². The highest BCUT2D eigenvalue weighted by Gasteiger charge is 2.26. The van der Waals surface area contributed by atoms with Gasteiger partial charge >= 0.3 is 0 Å². The maximum absolute atomic E-state index is 13.6. The maximum Gasteiger partial charge on any atom is 0.237 e. The number of thiophene rings is 1. The van der Waals surface area contributed by atoms with Gasteiger partial charge in [-0.3, -0.25) is 0 Å². The molecule has 0 aliphatic heterocycles. The highest BCUT2D eigenvalue weighted by molar-refractivity contribution is 7.26. The molecule has 0 radical (unpaired) electrons. The van der Waals surface area contributed by atoms with Gasteiger partial charge in [-0.05, 0) is 30.3 Å². The minimum atomic E-state index is 0.583. The van der Waals surface area contributed by atoms with Crippen LogP contribution in [0.4, 0.5) is 0 Å². The summed E-state index contributed by atoms with van der Waals surface area (Å²) in [5.74, 6) is 1.33. The molecule has 0 atom stereocenters. The zero-order valence-corrected chi connectivity index (χ0v) is 16.2. The number of hydrogen-bond donors (Lipinski definition) is 0. The van der Waals surface area contributed by atoms with Crippen molar-refractivity contribution in [3.05, 3.63) is 71.9 Å². The van der Waals surface area contributed by atoms with Gasteiger partial charge in [-0.1, -0.05) is 30.3 Å². The number of ether oxygens (including phenoxy) is 2. The summed E-state index contributed by atoms with van der Waals surface area (Å²) in [6.07, 6.45) is 0. The molecular weight excluding hydrogens is 370 g/mol. The summed E-state index contributed by atoms with van der Waals surface area (Å²) < 4.78 is 14.2. The van der Waals surface area contributed by atoms with Crippen molar-refractivity contribution in [3.63, 3.8) is 0 Å². The Morgan fingerprint density at radius 1 is 0.857 bits per heavy atom. The van der Waals surface area contributed by atoms with Crippen LogP contribution in [-0.2, 0) is 0 Å². The SMILES string of the molecule is COc1ccc2c3sc4ccccc4c3c(-c3ccccc3OC)[n+]([O-])c2c1. The van der Waals surface area contributed by atoms with Crippen molar-refractivity contribution in [3.8, 4) is 22.8 Å². The summed E-state index contributed by atoms with van der Waals surface area (Å²) in [7, 11) is 3.23. The Morgan fingerprint density at radius 3 is 2.46 bits per heavy atom. The van der Waals surface area contributed by atoms with Crippen molar-refractivity contribution in [2.45, 2.75) is 0 Å². The van der Waals surface area contributed by atoms with E-state index in [1.54, 1.807) is 31.6 Å². The molecule has 0 aliphatic carbocycles. The van der Waals surface area contributed by atoms with Crippen LogP contribution in [-0.4, -0.2) is 14.2 Å². The lowest BCUT2D eigenvalue weighted by atomic mass is 10.0. The largest absolute Gasteiger partial charge is 0.618 e. The van der Waals surface area contributed by atoms with E-state index in [9.17, 15) is 5.21 Å². The van der Waals surface area contributed by atoms with Gasteiger partial charge in [0.2, 0.25) is 11.2 Å². The number of hydrogen-bond acceptors (Lipinski definition) is 4. The van der Waals surface area contributed by atoms with Crippen molar-refractivity contribution in [1.82, 2.24) is 0 Å². The molecule has 5 aromatic rings. The first kappa shape index (κ1) is 16.8. The molecule has 2 heterocycles. The number of aromatic nitrogens is 1. The summed E-state index contributed by atoms with van der Waals surface area (Å²) in [6, 6.07) is 21.5. The standard InChI is InChI=1S/C23H17NO3S/c1-26-14-11-12-15-18(13-14)24(25)22(16-7-3-5-9-19(16)27-2)21-17-8-4-6-10-20(17)28-23(15)21/h3-13H,1-2H3. The molecule has 0 amide bonds. The zero-order chi connectivity index (χ0) is 19.3. The van der Waals surface area contributed by atoms with E-state index in [1.807, 2.05) is 48.5 Å². The summed E-state index contributed by atoms with van der Waals surface area (Å²) in [4.78, 5) is 0. The minimum Gasteiger partial charge on any atom is -0.618 e. The number of rotatable bonds is 3. The predicted octanol–water partition coefficient (Wildman–Crippen LogP) is 5.53. The van der Waals surface area contributed by atoms with Gasteiger partial charge in [-0.2, -0.15) is 4.73 Å². The molecular formula is C23H17NO3S. The quantitative estimate of drug-likeness (QED) is 0.302. The van der Waals surface area contributed by atoms with Gasteiger partial charge in [-0.15, -0.1) is 11.3 Å². The van der Waals surface area contributed by atoms with Crippen molar-refractivity contribution < 1.29 is 14.2 Å². The Morgan fingerprint density at radius 2 is 1.64 bits per heavy atom. The van der Waals surface area contributed by atoms with E-state index < -0.39 is 0 Å². The van der Waals surface area contributed by atoms with Crippen LogP contribution >= 0.6 is 11.3 Å². The summed E-state index contributed by atoms with van der Waals surface area (Å²) >= 11 is 1.70. The van der Waals surface area contributed by atoms with E-state index in [4.69, 9.17) is 9.47 Å². The van der Waals surface area contributed by atoms with Gasteiger partial charge in [-0.25, -0.2) is 0 Å². The van der Waals surface area contributed by atoms with Gasteiger partial charge in [0.15, 0.2) is 0 Å². The molecule has 0 aliphatic rings. The molecule has 0 unspecified atom stereocenters. The average Bonchev–Trinajstić information content (AvgIpc) is 3.13. The first-order valence-corrected chi connectivity index (χ1v) is 9.72. The molecule has 4 nitrogen and oxygen atoms in total. The Bertz CT molecular complexity index is 1360. The van der Waals surface area contributed by atoms with E-state index >= 15 is 0 Å². The van der Waals surface area contributed by atoms with Crippen molar-refractivity contribution in [2.24, 2.45) is 0 Å².